The van der Waals surface area contributed by atoms with E-state index in [0.717, 1.165) is 38.5 Å². The number of benzene rings is 4. The van der Waals surface area contributed by atoms with Crippen molar-refractivity contribution in [1.82, 2.24) is 19.7 Å². The highest BCUT2D eigenvalue weighted by Gasteiger charge is 2.39. The fourth-order valence-corrected chi connectivity index (χ4v) is 7.17. The second kappa shape index (κ2) is 13.2. The van der Waals surface area contributed by atoms with E-state index >= 15 is 0 Å². The van der Waals surface area contributed by atoms with Gasteiger partial charge in [0.15, 0.2) is 11.4 Å². The number of hydrogen-bond acceptors (Lipinski definition) is 8. The summed E-state index contributed by atoms with van der Waals surface area (Å²) in [5, 5.41) is 18.6. The van der Waals surface area contributed by atoms with Crippen LogP contribution in [0.2, 0.25) is 0 Å². The number of nitrogens with zero attached hydrogens (tertiary/aromatic N) is 4. The van der Waals surface area contributed by atoms with Gasteiger partial charge in [-0.1, -0.05) is 97.5 Å². The van der Waals surface area contributed by atoms with Crippen LogP contribution in [0.4, 0.5) is 0 Å². The lowest BCUT2D eigenvalue weighted by atomic mass is 9.91. The zero-order valence-corrected chi connectivity index (χ0v) is 26.8. The fraction of sp³-hybridized carbons (Fsp3) is 0.243. The smallest absolute Gasteiger partial charge is 0.261 e. The molecule has 2 amide bonds. The van der Waals surface area contributed by atoms with E-state index in [4.69, 9.17) is 9.47 Å². The van der Waals surface area contributed by atoms with Crippen molar-refractivity contribution in [3.8, 4) is 11.1 Å². The molecule has 0 radical (unpaired) electrons. The Balaban J connectivity index is 1.10. The standard InChI is InChI=1S/C37H34N4O5S/c1-23-32(21-47-37-39-38-22-40(37)2)45-36(46-33(23)27-12-10-24(20-42)11-13-27)28-16-14-26(15-17-28)29-7-5-6-25(18-29)19-41-34(43)30-8-3-4-9-31(30)35(41)44/h3-18,22-23,32-33,36,42H,19-21H2,1-2H3/t23-,32+,33+,36+/m1/s1. The monoisotopic (exact) mass is 646 g/mol. The summed E-state index contributed by atoms with van der Waals surface area (Å²) in [6.45, 7) is 2.33. The average Bonchev–Trinajstić information content (AvgIpc) is 3.63. The number of fused-ring (bicyclic) bond motifs is 1. The van der Waals surface area contributed by atoms with Crippen LogP contribution >= 0.6 is 11.8 Å². The lowest BCUT2D eigenvalue weighted by Crippen LogP contribution is -2.38. The van der Waals surface area contributed by atoms with Gasteiger partial charge < -0.3 is 19.1 Å². The Labute approximate surface area is 277 Å². The lowest BCUT2D eigenvalue weighted by molar-refractivity contribution is -0.268. The van der Waals surface area contributed by atoms with Gasteiger partial charge in [-0.3, -0.25) is 14.5 Å². The van der Waals surface area contributed by atoms with Crippen LogP contribution in [0.15, 0.2) is 109 Å². The number of ether oxygens (including phenoxy) is 2. The number of rotatable bonds is 9. The number of aromatic nitrogens is 3. The number of aliphatic hydroxyl groups excluding tert-OH is 1. The number of hydrogen-bond donors (Lipinski definition) is 1. The van der Waals surface area contributed by atoms with Gasteiger partial charge in [0.1, 0.15) is 6.33 Å². The Morgan fingerprint density at radius 1 is 0.809 bits per heavy atom. The molecule has 3 heterocycles. The molecule has 2 aliphatic heterocycles. The third kappa shape index (κ3) is 6.25. The Hall–Kier alpha value is -4.61. The maximum Gasteiger partial charge on any atom is 0.261 e. The maximum absolute atomic E-state index is 12.9. The summed E-state index contributed by atoms with van der Waals surface area (Å²) < 4.78 is 15.1. The summed E-state index contributed by atoms with van der Waals surface area (Å²) in [6, 6.07) is 30.8. The van der Waals surface area contributed by atoms with Crippen molar-refractivity contribution in [3.05, 3.63) is 137 Å². The highest BCUT2D eigenvalue weighted by atomic mass is 32.2. The van der Waals surface area contributed by atoms with Crippen LogP contribution in [0.25, 0.3) is 11.1 Å². The first-order valence-corrected chi connectivity index (χ1v) is 16.5. The van der Waals surface area contributed by atoms with Crippen molar-refractivity contribution < 1.29 is 24.2 Å². The van der Waals surface area contributed by atoms with Crippen LogP contribution in [0.3, 0.4) is 0 Å². The van der Waals surface area contributed by atoms with E-state index in [1.54, 1.807) is 42.4 Å². The van der Waals surface area contributed by atoms with Gasteiger partial charge in [-0.05, 0) is 46.0 Å². The second-order valence-electron chi connectivity index (χ2n) is 11.9. The van der Waals surface area contributed by atoms with Crippen LogP contribution in [0.1, 0.15) is 62.3 Å². The first-order valence-electron chi connectivity index (χ1n) is 15.5. The predicted octanol–water partition coefficient (Wildman–Crippen LogP) is 6.35. The van der Waals surface area contributed by atoms with E-state index in [1.165, 1.54) is 4.90 Å². The average molecular weight is 647 g/mol. The van der Waals surface area contributed by atoms with Crippen LogP contribution in [0, 0.1) is 5.92 Å². The molecule has 0 saturated carbocycles. The lowest BCUT2D eigenvalue weighted by Gasteiger charge is -2.41. The number of amides is 2. The molecule has 4 atom stereocenters. The number of carbonyl (C=O) groups excluding carboxylic acids is 2. The molecule has 1 N–H and O–H groups in total. The highest BCUT2D eigenvalue weighted by molar-refractivity contribution is 7.99. The minimum absolute atomic E-state index is 0.0118. The summed E-state index contributed by atoms with van der Waals surface area (Å²) >= 11 is 1.60. The molecule has 9 nitrogen and oxygen atoms in total. The van der Waals surface area contributed by atoms with E-state index in [1.807, 2.05) is 84.4 Å². The van der Waals surface area contributed by atoms with Crippen molar-refractivity contribution in [2.24, 2.45) is 13.0 Å². The maximum atomic E-state index is 12.9. The molecule has 4 aromatic carbocycles. The van der Waals surface area contributed by atoms with E-state index < -0.39 is 6.29 Å². The molecule has 1 fully saturated rings. The normalized spacial score (nSPS) is 20.9. The summed E-state index contributed by atoms with van der Waals surface area (Å²) in [5.41, 5.74) is 6.51. The van der Waals surface area contributed by atoms with Crippen molar-refractivity contribution >= 4 is 23.6 Å². The Bertz CT molecular complexity index is 1870. The molecule has 0 unspecified atom stereocenters. The molecule has 238 valence electrons. The van der Waals surface area contributed by atoms with E-state index in [0.29, 0.717) is 16.9 Å². The molecule has 1 aromatic heterocycles. The zero-order chi connectivity index (χ0) is 32.5. The number of carbonyl (C=O) groups is 2. The molecular weight excluding hydrogens is 612 g/mol. The molecule has 1 saturated heterocycles. The third-order valence-electron chi connectivity index (χ3n) is 8.83. The summed E-state index contributed by atoms with van der Waals surface area (Å²) in [6.07, 6.45) is 0.752. The van der Waals surface area contributed by atoms with Crippen molar-refractivity contribution in [1.29, 1.82) is 0 Å². The van der Waals surface area contributed by atoms with Crippen molar-refractivity contribution in [2.75, 3.05) is 5.75 Å². The van der Waals surface area contributed by atoms with Gasteiger partial charge in [0.05, 0.1) is 36.5 Å². The highest BCUT2D eigenvalue weighted by Crippen LogP contribution is 2.43. The molecule has 0 aliphatic carbocycles. The quantitative estimate of drug-likeness (QED) is 0.146. The predicted molar refractivity (Wildman–Crippen MR) is 177 cm³/mol. The summed E-state index contributed by atoms with van der Waals surface area (Å²) in [7, 11) is 1.92. The van der Waals surface area contributed by atoms with E-state index in [2.05, 4.69) is 17.1 Å². The molecule has 7 rings (SSSR count). The summed E-state index contributed by atoms with van der Waals surface area (Å²) in [4.78, 5) is 27.1. The van der Waals surface area contributed by atoms with E-state index in [-0.39, 0.29) is 43.1 Å². The minimum atomic E-state index is -0.590. The molecule has 47 heavy (non-hydrogen) atoms. The first kappa shape index (κ1) is 31.0. The molecule has 5 aromatic rings. The van der Waals surface area contributed by atoms with Gasteiger partial charge in [-0.15, -0.1) is 10.2 Å². The van der Waals surface area contributed by atoms with Crippen LogP contribution in [-0.2, 0) is 29.7 Å². The molecule has 2 aliphatic rings. The Kier molecular flexibility index (Phi) is 8.74. The molecule has 0 spiro atoms. The van der Waals surface area contributed by atoms with Gasteiger partial charge in [0, 0.05) is 24.3 Å². The van der Waals surface area contributed by atoms with Crippen LogP contribution < -0.4 is 0 Å². The second-order valence-corrected chi connectivity index (χ2v) is 12.9. The fourth-order valence-electron chi connectivity index (χ4n) is 6.12. The van der Waals surface area contributed by atoms with Gasteiger partial charge >= 0.3 is 0 Å². The molecular formula is C37H34N4O5S. The van der Waals surface area contributed by atoms with E-state index in [9.17, 15) is 14.7 Å². The van der Waals surface area contributed by atoms with Gasteiger partial charge in [0.25, 0.3) is 11.8 Å². The van der Waals surface area contributed by atoms with Gasteiger partial charge in [-0.2, -0.15) is 0 Å². The topological polar surface area (TPSA) is 107 Å². The van der Waals surface area contributed by atoms with Crippen LogP contribution in [0.5, 0.6) is 0 Å². The number of aryl methyl sites for hydroxylation is 1. The number of thioether (sulfide) groups is 1. The van der Waals surface area contributed by atoms with Gasteiger partial charge in [0.2, 0.25) is 0 Å². The molecule has 10 heteroatoms. The summed E-state index contributed by atoms with van der Waals surface area (Å²) in [5.74, 6) is 0.198. The van der Waals surface area contributed by atoms with Gasteiger partial charge in [-0.25, -0.2) is 0 Å². The zero-order valence-electron chi connectivity index (χ0n) is 26.0. The first-order chi connectivity index (χ1) is 22.9. The number of imide groups is 1. The third-order valence-corrected chi connectivity index (χ3v) is 9.96. The largest absolute Gasteiger partial charge is 0.392 e. The SMILES string of the molecule is C[C@@H]1[C@H](CSc2nncn2C)O[C@H](c2ccc(-c3cccc(CN4C(=O)c5ccccc5C4=O)c3)cc2)O[C@@H]1c1ccc(CO)cc1. The minimum Gasteiger partial charge on any atom is -0.392 e. The van der Waals surface area contributed by atoms with Crippen LogP contribution in [-0.4, -0.2) is 48.4 Å². The van der Waals surface area contributed by atoms with Crippen molar-refractivity contribution in [3.63, 3.8) is 0 Å². The number of aliphatic hydroxyl groups is 1. The molecule has 0 bridgehead atoms. The Morgan fingerprint density at radius 3 is 2.17 bits per heavy atom. The van der Waals surface area contributed by atoms with Crippen molar-refractivity contribution in [2.45, 2.75) is 43.7 Å². The Morgan fingerprint density at radius 2 is 1.51 bits per heavy atom.